The molecule has 4 N–H and O–H groups in total. The smallest absolute Gasteiger partial charge is 0.342 e. The van der Waals surface area contributed by atoms with Crippen LogP contribution in [0.3, 0.4) is 0 Å². The molecule has 0 radical (unpaired) electrons. The Hall–Kier alpha value is -2.72. The van der Waals surface area contributed by atoms with E-state index in [1.54, 1.807) is 6.92 Å². The van der Waals surface area contributed by atoms with Gasteiger partial charge in [0.15, 0.2) is 5.78 Å². The Balaban J connectivity index is 0.00000103. The average Bonchev–Trinajstić information content (AvgIpc) is 2.71. The quantitative estimate of drug-likeness (QED) is 0.406. The molecule has 1 aliphatic heterocycles. The number of fused-ring (bicyclic) bond motifs is 1. The average molecular weight is 424 g/mol. The lowest BCUT2D eigenvalue weighted by atomic mass is 10.0. The molecule has 0 amide bonds. The van der Waals surface area contributed by atoms with Gasteiger partial charge in [-0.25, -0.2) is 4.79 Å². The number of phenols is 1. The standard InChI is InChI=1S/C19H22O7.C2H6O2/c1-11-5-3-7-14(20)18(23)15(21)8-4-6-12-9-13(25-2)10-16(22)17(12)19(24)26-11;1-4-2-3/h3-4,6-7,9-11,15,18,21-23H,5,8H2,1-2H3;3H,2H2,1H3/b6-4+,7-3-;/t11-,15-,18+;/m0./s1. The molecule has 1 aliphatic rings. The number of aliphatic hydroxyl groups is 3. The van der Waals surface area contributed by atoms with Gasteiger partial charge in [0, 0.05) is 19.6 Å². The number of aromatic hydroxyl groups is 1. The van der Waals surface area contributed by atoms with Gasteiger partial charge in [0.05, 0.1) is 13.2 Å². The van der Waals surface area contributed by atoms with Gasteiger partial charge < -0.3 is 34.6 Å². The number of cyclic esters (lactones) is 1. The molecule has 2 rings (SSSR count). The van der Waals surface area contributed by atoms with Crippen molar-refractivity contribution in [1.29, 1.82) is 0 Å². The predicted octanol–water partition coefficient (Wildman–Crippen LogP) is 1.18. The fourth-order valence-corrected chi connectivity index (χ4v) is 2.51. The number of carbonyl (C=O) groups is 2. The summed E-state index contributed by atoms with van der Waals surface area (Å²) in [6.45, 7) is 1.46. The maximum atomic E-state index is 12.4. The van der Waals surface area contributed by atoms with Crippen molar-refractivity contribution in [3.05, 3.63) is 41.5 Å². The van der Waals surface area contributed by atoms with Crippen molar-refractivity contribution in [2.24, 2.45) is 0 Å². The summed E-state index contributed by atoms with van der Waals surface area (Å²) >= 11 is 0. The molecule has 1 aromatic carbocycles. The predicted molar refractivity (Wildman–Crippen MR) is 108 cm³/mol. The van der Waals surface area contributed by atoms with Crippen LogP contribution in [0.25, 0.3) is 6.08 Å². The lowest BCUT2D eigenvalue weighted by molar-refractivity contribution is -0.127. The fraction of sp³-hybridized carbons (Fsp3) is 0.429. The largest absolute Gasteiger partial charge is 0.507 e. The SMILES string of the molecule is COCO.COc1cc(O)c2c(c1)/C=C/C[C@H](O)[C@H](O)C(=O)/C=C\C[C@H](C)OC2=O. The van der Waals surface area contributed by atoms with E-state index in [-0.39, 0.29) is 30.9 Å². The second-order valence-electron chi connectivity index (χ2n) is 6.44. The van der Waals surface area contributed by atoms with Gasteiger partial charge in [-0.15, -0.1) is 0 Å². The van der Waals surface area contributed by atoms with E-state index in [0.717, 1.165) is 6.08 Å². The van der Waals surface area contributed by atoms with Crippen molar-refractivity contribution < 1.29 is 44.2 Å². The Bertz CT molecular complexity index is 768. The van der Waals surface area contributed by atoms with Crippen LogP contribution in [0.1, 0.15) is 35.7 Å². The molecular weight excluding hydrogens is 396 g/mol. The van der Waals surface area contributed by atoms with E-state index in [2.05, 4.69) is 4.74 Å². The van der Waals surface area contributed by atoms with Gasteiger partial charge in [-0.3, -0.25) is 4.79 Å². The molecule has 0 fully saturated rings. The summed E-state index contributed by atoms with van der Waals surface area (Å²) in [5, 5.41) is 37.6. The topological polar surface area (TPSA) is 143 Å². The first kappa shape index (κ1) is 25.3. The van der Waals surface area contributed by atoms with Crippen LogP contribution in [0.15, 0.2) is 30.4 Å². The van der Waals surface area contributed by atoms with Gasteiger partial charge in [0.25, 0.3) is 0 Å². The number of benzene rings is 1. The summed E-state index contributed by atoms with van der Waals surface area (Å²) in [7, 11) is 2.85. The number of hydrogen-bond acceptors (Lipinski definition) is 9. The van der Waals surface area contributed by atoms with E-state index in [0.29, 0.717) is 11.3 Å². The van der Waals surface area contributed by atoms with Crippen LogP contribution in [0.5, 0.6) is 11.5 Å². The molecule has 0 aliphatic carbocycles. The number of aliphatic hydroxyl groups excluding tert-OH is 3. The summed E-state index contributed by atoms with van der Waals surface area (Å²) < 4.78 is 14.5. The van der Waals surface area contributed by atoms with Crippen molar-refractivity contribution in [3.8, 4) is 11.5 Å². The second kappa shape index (κ2) is 12.8. The number of carbonyl (C=O) groups excluding carboxylic acids is 2. The van der Waals surface area contributed by atoms with Gasteiger partial charge in [-0.05, 0) is 31.1 Å². The molecular formula is C21H28O9. The number of ether oxygens (including phenoxy) is 3. The summed E-state index contributed by atoms with van der Waals surface area (Å²) in [6, 6.07) is 2.84. The summed E-state index contributed by atoms with van der Waals surface area (Å²) in [6.07, 6.45) is 2.42. The Morgan fingerprint density at radius 1 is 1.10 bits per heavy atom. The number of ketones is 1. The Morgan fingerprint density at radius 2 is 1.73 bits per heavy atom. The van der Waals surface area contributed by atoms with Gasteiger partial charge in [-0.2, -0.15) is 0 Å². The fourth-order valence-electron chi connectivity index (χ4n) is 2.51. The monoisotopic (exact) mass is 424 g/mol. The molecule has 0 saturated carbocycles. The van der Waals surface area contributed by atoms with E-state index in [4.69, 9.17) is 14.6 Å². The third-order valence-electron chi connectivity index (χ3n) is 4.08. The van der Waals surface area contributed by atoms with Crippen LogP contribution in [-0.2, 0) is 14.3 Å². The Kier molecular flexibility index (Phi) is 10.8. The van der Waals surface area contributed by atoms with E-state index in [9.17, 15) is 24.9 Å². The van der Waals surface area contributed by atoms with Crippen molar-refractivity contribution in [2.45, 2.75) is 38.1 Å². The molecule has 9 nitrogen and oxygen atoms in total. The zero-order valence-corrected chi connectivity index (χ0v) is 17.1. The first-order valence-corrected chi connectivity index (χ1v) is 9.19. The molecule has 166 valence electrons. The zero-order valence-electron chi connectivity index (χ0n) is 17.1. The summed E-state index contributed by atoms with van der Waals surface area (Å²) in [4.78, 5) is 24.3. The second-order valence-corrected chi connectivity index (χ2v) is 6.44. The molecule has 0 aromatic heterocycles. The van der Waals surface area contributed by atoms with Gasteiger partial charge in [-0.1, -0.05) is 18.2 Å². The highest BCUT2D eigenvalue weighted by Gasteiger charge is 2.23. The van der Waals surface area contributed by atoms with Crippen LogP contribution >= 0.6 is 0 Å². The van der Waals surface area contributed by atoms with Crippen LogP contribution in [0.2, 0.25) is 0 Å². The zero-order chi connectivity index (χ0) is 22.7. The third kappa shape index (κ3) is 7.60. The van der Waals surface area contributed by atoms with E-state index >= 15 is 0 Å². The Morgan fingerprint density at radius 3 is 2.33 bits per heavy atom. The highest BCUT2D eigenvalue weighted by molar-refractivity contribution is 5.97. The molecule has 0 spiro atoms. The van der Waals surface area contributed by atoms with E-state index in [1.165, 1.54) is 44.6 Å². The van der Waals surface area contributed by atoms with Crippen molar-refractivity contribution in [2.75, 3.05) is 21.0 Å². The molecule has 30 heavy (non-hydrogen) atoms. The first-order chi connectivity index (χ1) is 14.2. The lowest BCUT2D eigenvalue weighted by Crippen LogP contribution is -2.32. The lowest BCUT2D eigenvalue weighted by Gasteiger charge is -2.16. The minimum absolute atomic E-state index is 0.0242. The third-order valence-corrected chi connectivity index (χ3v) is 4.08. The highest BCUT2D eigenvalue weighted by Crippen LogP contribution is 2.30. The van der Waals surface area contributed by atoms with Gasteiger partial charge >= 0.3 is 5.97 Å². The van der Waals surface area contributed by atoms with Crippen LogP contribution in [-0.4, -0.2) is 71.5 Å². The number of esters is 1. The van der Waals surface area contributed by atoms with Crippen LogP contribution < -0.4 is 4.74 Å². The first-order valence-electron chi connectivity index (χ1n) is 9.19. The van der Waals surface area contributed by atoms with Crippen molar-refractivity contribution >= 4 is 17.8 Å². The van der Waals surface area contributed by atoms with E-state index in [1.807, 2.05) is 0 Å². The number of rotatable bonds is 2. The molecule has 9 heteroatoms. The van der Waals surface area contributed by atoms with Crippen LogP contribution in [0.4, 0.5) is 0 Å². The highest BCUT2D eigenvalue weighted by atomic mass is 16.6. The van der Waals surface area contributed by atoms with Crippen molar-refractivity contribution in [1.82, 2.24) is 0 Å². The maximum absolute atomic E-state index is 12.4. The maximum Gasteiger partial charge on any atom is 0.342 e. The minimum atomic E-state index is -1.55. The number of hydrogen-bond donors (Lipinski definition) is 4. The number of methoxy groups -OCH3 is 2. The normalized spacial score (nSPS) is 24.4. The molecule has 1 aromatic rings. The van der Waals surface area contributed by atoms with Gasteiger partial charge in [0.1, 0.15) is 36.1 Å². The number of phenolic OH excluding ortho intramolecular Hbond substituents is 1. The molecule has 1 heterocycles. The minimum Gasteiger partial charge on any atom is -0.507 e. The molecule has 3 atom stereocenters. The molecule has 0 unspecified atom stereocenters. The van der Waals surface area contributed by atoms with Gasteiger partial charge in [0.2, 0.25) is 0 Å². The van der Waals surface area contributed by atoms with Crippen molar-refractivity contribution in [3.63, 3.8) is 0 Å². The molecule has 0 saturated heterocycles. The molecule has 0 bridgehead atoms. The Labute approximate surface area is 174 Å². The van der Waals surface area contributed by atoms with E-state index < -0.39 is 30.1 Å². The van der Waals surface area contributed by atoms with Crippen LogP contribution in [0, 0.1) is 0 Å². The summed E-state index contributed by atoms with van der Waals surface area (Å²) in [5.41, 5.74) is 0.306. The summed E-state index contributed by atoms with van der Waals surface area (Å²) in [5.74, 6) is -1.29.